The predicted molar refractivity (Wildman–Crippen MR) is 146 cm³/mol. The Morgan fingerprint density at radius 2 is 0.879 bits per heavy atom. The first kappa shape index (κ1) is 25.6. The van der Waals surface area contributed by atoms with Gasteiger partial charge < -0.3 is 4.74 Å². The monoisotopic (exact) mass is 446 g/mol. The molecule has 0 unspecified atom stereocenters. The minimum absolute atomic E-state index is 0.816. The second-order valence-corrected chi connectivity index (χ2v) is 9.80. The first-order valence-corrected chi connectivity index (χ1v) is 13.9. The molecule has 3 aromatic carbocycles. The summed E-state index contributed by atoms with van der Waals surface area (Å²) in [6, 6.07) is 19.4. The van der Waals surface area contributed by atoms with E-state index in [4.69, 9.17) is 4.74 Å². The Bertz CT molecular complexity index is 859. The number of fused-ring (bicyclic) bond motifs is 2. The van der Waals surface area contributed by atoms with Gasteiger partial charge in [0.05, 0.1) is 6.61 Å². The molecule has 0 aromatic heterocycles. The van der Waals surface area contributed by atoms with Crippen LogP contribution in [0.15, 0.2) is 54.6 Å². The number of ether oxygens (including phenoxy) is 1. The van der Waals surface area contributed by atoms with E-state index in [1.165, 1.54) is 118 Å². The molecule has 1 nitrogen and oxygen atoms in total. The van der Waals surface area contributed by atoms with Crippen molar-refractivity contribution in [2.24, 2.45) is 0 Å². The van der Waals surface area contributed by atoms with Crippen LogP contribution in [-0.2, 0) is 0 Å². The Morgan fingerprint density at radius 3 is 1.33 bits per heavy atom. The van der Waals surface area contributed by atoms with Crippen molar-refractivity contribution in [3.63, 3.8) is 0 Å². The normalized spacial score (nSPS) is 11.4. The minimum atomic E-state index is 0.816. The van der Waals surface area contributed by atoms with Gasteiger partial charge in [0.1, 0.15) is 5.75 Å². The summed E-state index contributed by atoms with van der Waals surface area (Å²) in [6.45, 7) is 3.11. The quantitative estimate of drug-likeness (QED) is 0.139. The molecular weight excluding hydrogens is 400 g/mol. The van der Waals surface area contributed by atoms with Crippen LogP contribution < -0.4 is 4.74 Å². The highest BCUT2D eigenvalue weighted by Gasteiger charge is 2.08. The lowest BCUT2D eigenvalue weighted by atomic mass is 10.0. The minimum Gasteiger partial charge on any atom is -0.492 e. The zero-order valence-electron chi connectivity index (χ0n) is 21.1. The SMILES string of the molecule is CCCCCCCCCCCCCCCCCCOc1c2ccccc2cc2ccccc12. The Labute approximate surface area is 202 Å². The molecule has 0 N–H and O–H groups in total. The van der Waals surface area contributed by atoms with Gasteiger partial charge in [0.25, 0.3) is 0 Å². The van der Waals surface area contributed by atoms with E-state index in [1.807, 2.05) is 0 Å². The summed E-state index contributed by atoms with van der Waals surface area (Å²) < 4.78 is 6.35. The maximum Gasteiger partial charge on any atom is 0.134 e. The molecule has 3 aromatic rings. The summed E-state index contributed by atoms with van der Waals surface area (Å²) in [6.07, 6.45) is 22.4. The largest absolute Gasteiger partial charge is 0.492 e. The smallest absolute Gasteiger partial charge is 0.134 e. The van der Waals surface area contributed by atoms with Gasteiger partial charge in [-0.05, 0) is 23.3 Å². The van der Waals surface area contributed by atoms with E-state index in [2.05, 4.69) is 61.5 Å². The van der Waals surface area contributed by atoms with Gasteiger partial charge >= 0.3 is 0 Å². The molecule has 0 spiro atoms. The lowest BCUT2D eigenvalue weighted by Gasteiger charge is -2.13. The van der Waals surface area contributed by atoms with Crippen LogP contribution >= 0.6 is 0 Å². The maximum absolute atomic E-state index is 6.35. The van der Waals surface area contributed by atoms with Crippen LogP contribution in [-0.4, -0.2) is 6.61 Å². The van der Waals surface area contributed by atoms with Crippen LogP contribution in [0.4, 0.5) is 0 Å². The van der Waals surface area contributed by atoms with Crippen LogP contribution in [0, 0.1) is 0 Å². The fraction of sp³-hybridized carbons (Fsp3) is 0.562. The number of hydrogen-bond acceptors (Lipinski definition) is 1. The Hall–Kier alpha value is -2.02. The van der Waals surface area contributed by atoms with Gasteiger partial charge in [0.2, 0.25) is 0 Å². The maximum atomic E-state index is 6.35. The summed E-state index contributed by atoms with van der Waals surface area (Å²) in [5, 5.41) is 4.98. The molecule has 0 saturated heterocycles. The van der Waals surface area contributed by atoms with Crippen LogP contribution in [0.1, 0.15) is 110 Å². The third-order valence-corrected chi connectivity index (χ3v) is 6.97. The predicted octanol–water partition coefficient (Wildman–Crippen LogP) is 10.6. The van der Waals surface area contributed by atoms with Crippen molar-refractivity contribution in [3.05, 3.63) is 54.6 Å². The van der Waals surface area contributed by atoms with Crippen molar-refractivity contribution < 1.29 is 4.74 Å². The molecule has 0 aliphatic rings. The van der Waals surface area contributed by atoms with Crippen molar-refractivity contribution in [1.82, 2.24) is 0 Å². The number of unbranched alkanes of at least 4 members (excludes halogenated alkanes) is 15. The number of hydrogen-bond donors (Lipinski definition) is 0. The number of benzene rings is 3. The van der Waals surface area contributed by atoms with Gasteiger partial charge in [0.15, 0.2) is 0 Å². The fourth-order valence-corrected chi connectivity index (χ4v) is 4.95. The van der Waals surface area contributed by atoms with E-state index in [1.54, 1.807) is 0 Å². The molecule has 0 saturated carbocycles. The molecule has 0 aliphatic carbocycles. The Balaban J connectivity index is 1.22. The molecule has 1 heteroatoms. The van der Waals surface area contributed by atoms with Gasteiger partial charge in [-0.25, -0.2) is 0 Å². The van der Waals surface area contributed by atoms with Gasteiger partial charge in [-0.3, -0.25) is 0 Å². The molecule has 0 radical (unpaired) electrons. The number of rotatable bonds is 18. The standard InChI is InChI=1S/C32H46O/c1-2-3-4-5-6-7-8-9-10-11-12-13-14-15-16-21-26-33-32-30-24-19-17-22-28(30)27-29-23-18-20-25-31(29)32/h17-20,22-25,27H,2-16,21,26H2,1H3. The summed E-state index contributed by atoms with van der Waals surface area (Å²) in [4.78, 5) is 0. The van der Waals surface area contributed by atoms with Crippen molar-refractivity contribution in [3.8, 4) is 5.75 Å². The van der Waals surface area contributed by atoms with Crippen molar-refractivity contribution in [1.29, 1.82) is 0 Å². The molecule has 0 amide bonds. The summed E-state index contributed by atoms with van der Waals surface area (Å²) in [5.74, 6) is 1.06. The topological polar surface area (TPSA) is 9.23 Å². The van der Waals surface area contributed by atoms with Gasteiger partial charge in [-0.15, -0.1) is 0 Å². The average molecular weight is 447 g/mol. The lowest BCUT2D eigenvalue weighted by molar-refractivity contribution is 0.311. The lowest BCUT2D eigenvalue weighted by Crippen LogP contribution is -1.99. The fourth-order valence-electron chi connectivity index (χ4n) is 4.95. The van der Waals surface area contributed by atoms with Crippen LogP contribution in [0.3, 0.4) is 0 Å². The summed E-state index contributed by atoms with van der Waals surface area (Å²) in [5.41, 5.74) is 0. The highest BCUT2D eigenvalue weighted by Crippen LogP contribution is 2.34. The van der Waals surface area contributed by atoms with Crippen molar-refractivity contribution in [2.75, 3.05) is 6.61 Å². The second-order valence-electron chi connectivity index (χ2n) is 9.80. The van der Waals surface area contributed by atoms with E-state index in [0.29, 0.717) is 0 Å². The zero-order chi connectivity index (χ0) is 23.0. The zero-order valence-corrected chi connectivity index (χ0v) is 21.1. The molecule has 0 atom stereocenters. The second kappa shape index (κ2) is 15.8. The molecule has 180 valence electrons. The average Bonchev–Trinajstić information content (AvgIpc) is 2.85. The van der Waals surface area contributed by atoms with Crippen LogP contribution in [0.2, 0.25) is 0 Å². The third kappa shape index (κ3) is 9.03. The van der Waals surface area contributed by atoms with E-state index >= 15 is 0 Å². The molecule has 33 heavy (non-hydrogen) atoms. The Kier molecular flexibility index (Phi) is 12.2. The molecule has 0 fully saturated rings. The van der Waals surface area contributed by atoms with E-state index < -0.39 is 0 Å². The van der Waals surface area contributed by atoms with Gasteiger partial charge in [0, 0.05) is 10.8 Å². The first-order valence-electron chi connectivity index (χ1n) is 13.9. The van der Waals surface area contributed by atoms with Crippen LogP contribution in [0.5, 0.6) is 5.75 Å². The van der Waals surface area contributed by atoms with E-state index in [9.17, 15) is 0 Å². The van der Waals surface area contributed by atoms with Crippen LogP contribution in [0.25, 0.3) is 21.5 Å². The summed E-state index contributed by atoms with van der Waals surface area (Å²) >= 11 is 0. The third-order valence-electron chi connectivity index (χ3n) is 6.97. The summed E-state index contributed by atoms with van der Waals surface area (Å²) in [7, 11) is 0. The highest BCUT2D eigenvalue weighted by atomic mass is 16.5. The van der Waals surface area contributed by atoms with Gasteiger partial charge in [-0.1, -0.05) is 152 Å². The molecule has 3 rings (SSSR count). The van der Waals surface area contributed by atoms with Crippen molar-refractivity contribution in [2.45, 2.75) is 110 Å². The Morgan fingerprint density at radius 1 is 0.485 bits per heavy atom. The molecule has 0 aliphatic heterocycles. The molecule has 0 bridgehead atoms. The van der Waals surface area contributed by atoms with E-state index in [0.717, 1.165) is 18.8 Å². The van der Waals surface area contributed by atoms with Gasteiger partial charge in [-0.2, -0.15) is 0 Å². The first-order chi connectivity index (χ1) is 16.4. The molecule has 0 heterocycles. The highest BCUT2D eigenvalue weighted by molar-refractivity contribution is 6.05. The molecular formula is C32H46O. The van der Waals surface area contributed by atoms with Crippen molar-refractivity contribution >= 4 is 21.5 Å². The van der Waals surface area contributed by atoms with E-state index in [-0.39, 0.29) is 0 Å².